The van der Waals surface area contributed by atoms with Gasteiger partial charge in [-0.15, -0.1) is 5.10 Å². The number of rotatable bonds is 4. The van der Waals surface area contributed by atoms with Crippen LogP contribution >= 0.6 is 0 Å². The van der Waals surface area contributed by atoms with Crippen LogP contribution in [0.2, 0.25) is 0 Å². The molecule has 29 heavy (non-hydrogen) atoms. The first-order valence-corrected chi connectivity index (χ1v) is 10.1. The van der Waals surface area contributed by atoms with E-state index < -0.39 is 0 Å². The van der Waals surface area contributed by atoms with Crippen LogP contribution in [-0.4, -0.2) is 31.9 Å². The molecule has 150 valence electrons. The summed E-state index contributed by atoms with van der Waals surface area (Å²) in [7, 11) is 0. The van der Waals surface area contributed by atoms with Crippen molar-refractivity contribution in [1.29, 1.82) is 0 Å². The van der Waals surface area contributed by atoms with E-state index in [1.807, 2.05) is 6.07 Å². The van der Waals surface area contributed by atoms with E-state index in [1.165, 1.54) is 18.9 Å². The number of aromatic nitrogens is 4. The summed E-state index contributed by atoms with van der Waals surface area (Å²) in [5.41, 5.74) is 2.67. The molecule has 0 aliphatic heterocycles. The van der Waals surface area contributed by atoms with Gasteiger partial charge in [-0.1, -0.05) is 30.9 Å². The Labute approximate surface area is 169 Å². The summed E-state index contributed by atoms with van der Waals surface area (Å²) >= 11 is 0. The minimum absolute atomic E-state index is 0.157. The van der Waals surface area contributed by atoms with E-state index in [9.17, 15) is 9.18 Å². The Bertz CT molecular complexity index is 994. The molecule has 7 heteroatoms. The van der Waals surface area contributed by atoms with Gasteiger partial charge >= 0.3 is 0 Å². The van der Waals surface area contributed by atoms with E-state index in [4.69, 9.17) is 0 Å². The monoisotopic (exact) mass is 393 g/mol. The lowest BCUT2D eigenvalue weighted by Gasteiger charge is -2.16. The van der Waals surface area contributed by atoms with Gasteiger partial charge in [0.15, 0.2) is 5.69 Å². The molecule has 6 nitrogen and oxygen atoms in total. The fourth-order valence-electron chi connectivity index (χ4n) is 3.82. The first-order valence-electron chi connectivity index (χ1n) is 10.1. The van der Waals surface area contributed by atoms with E-state index >= 15 is 0 Å². The van der Waals surface area contributed by atoms with Gasteiger partial charge in [0.1, 0.15) is 11.5 Å². The predicted molar refractivity (Wildman–Crippen MR) is 108 cm³/mol. The SMILES string of the molecule is Cc1cc(-n2nnc(C(=O)NC3CCCCCC3)c2-c2cccnc2)ccc1F. The van der Waals surface area contributed by atoms with Crippen molar-refractivity contribution in [3.63, 3.8) is 0 Å². The summed E-state index contributed by atoms with van der Waals surface area (Å²) in [4.78, 5) is 17.3. The highest BCUT2D eigenvalue weighted by Crippen LogP contribution is 2.26. The highest BCUT2D eigenvalue weighted by atomic mass is 19.1. The highest BCUT2D eigenvalue weighted by molar-refractivity contribution is 5.98. The van der Waals surface area contributed by atoms with Gasteiger partial charge in [-0.25, -0.2) is 9.07 Å². The average Bonchev–Trinajstić information content (AvgIpc) is 3.02. The van der Waals surface area contributed by atoms with Gasteiger partial charge in [-0.3, -0.25) is 9.78 Å². The van der Waals surface area contributed by atoms with Gasteiger partial charge < -0.3 is 5.32 Å². The van der Waals surface area contributed by atoms with Crippen molar-refractivity contribution in [3.05, 3.63) is 59.8 Å². The van der Waals surface area contributed by atoms with Crippen LogP contribution in [-0.2, 0) is 0 Å². The standard InChI is InChI=1S/C22H24FN5O/c1-15-13-18(10-11-19(15)23)28-21(16-7-6-12-24-14-16)20(26-27-28)22(29)25-17-8-4-2-3-5-9-17/h6-7,10-14,17H,2-5,8-9H2,1H3,(H,25,29). The van der Waals surface area contributed by atoms with Crippen molar-refractivity contribution >= 4 is 5.91 Å². The van der Waals surface area contributed by atoms with E-state index in [0.29, 0.717) is 16.9 Å². The molecule has 1 aliphatic rings. The van der Waals surface area contributed by atoms with E-state index in [2.05, 4.69) is 20.6 Å². The lowest BCUT2D eigenvalue weighted by molar-refractivity contribution is 0.0929. The molecule has 1 saturated carbocycles. The molecular weight excluding hydrogens is 369 g/mol. The maximum Gasteiger partial charge on any atom is 0.274 e. The zero-order valence-corrected chi connectivity index (χ0v) is 16.4. The van der Waals surface area contributed by atoms with Crippen molar-refractivity contribution < 1.29 is 9.18 Å². The van der Waals surface area contributed by atoms with E-state index in [0.717, 1.165) is 31.2 Å². The van der Waals surface area contributed by atoms with E-state index in [1.54, 1.807) is 42.2 Å². The summed E-state index contributed by atoms with van der Waals surface area (Å²) in [6.07, 6.45) is 10.0. The van der Waals surface area contributed by atoms with Gasteiger partial charge in [-0.2, -0.15) is 0 Å². The lowest BCUT2D eigenvalue weighted by Crippen LogP contribution is -2.35. The Hall–Kier alpha value is -3.09. The van der Waals surface area contributed by atoms with Crippen LogP contribution in [0, 0.1) is 12.7 Å². The molecule has 0 radical (unpaired) electrons. The van der Waals surface area contributed by atoms with E-state index in [-0.39, 0.29) is 23.5 Å². The second-order valence-electron chi connectivity index (χ2n) is 7.54. The van der Waals surface area contributed by atoms with Gasteiger partial charge in [0.05, 0.1) is 5.69 Å². The summed E-state index contributed by atoms with van der Waals surface area (Å²) < 4.78 is 15.3. The first kappa shape index (κ1) is 19.2. The second kappa shape index (κ2) is 8.51. The predicted octanol–water partition coefficient (Wildman–Crippen LogP) is 4.23. The Morgan fingerprint density at radius 2 is 1.97 bits per heavy atom. The van der Waals surface area contributed by atoms with Gasteiger partial charge in [0.2, 0.25) is 0 Å². The molecule has 0 bridgehead atoms. The summed E-state index contributed by atoms with van der Waals surface area (Å²) in [6.45, 7) is 1.69. The van der Waals surface area contributed by atoms with Crippen molar-refractivity contribution in [2.75, 3.05) is 0 Å². The molecule has 1 aromatic carbocycles. The third-order valence-electron chi connectivity index (χ3n) is 5.40. The molecule has 0 spiro atoms. The molecule has 1 aliphatic carbocycles. The van der Waals surface area contributed by atoms with Crippen LogP contribution in [0.25, 0.3) is 16.9 Å². The minimum Gasteiger partial charge on any atom is -0.348 e. The Morgan fingerprint density at radius 1 is 1.17 bits per heavy atom. The molecule has 1 amide bonds. The molecule has 3 aromatic rings. The number of hydrogen-bond acceptors (Lipinski definition) is 4. The molecule has 2 heterocycles. The van der Waals surface area contributed by atoms with Crippen molar-refractivity contribution in [2.45, 2.75) is 51.5 Å². The van der Waals surface area contributed by atoms with Crippen LogP contribution in [0.3, 0.4) is 0 Å². The topological polar surface area (TPSA) is 72.7 Å². The average molecular weight is 393 g/mol. The molecular formula is C22H24FN5O. The van der Waals surface area contributed by atoms with Crippen LogP contribution < -0.4 is 5.32 Å². The van der Waals surface area contributed by atoms with Crippen LogP contribution in [0.4, 0.5) is 4.39 Å². The third kappa shape index (κ3) is 4.18. The Kier molecular flexibility index (Phi) is 5.64. The van der Waals surface area contributed by atoms with Gasteiger partial charge in [0.25, 0.3) is 5.91 Å². The second-order valence-corrected chi connectivity index (χ2v) is 7.54. The fourth-order valence-corrected chi connectivity index (χ4v) is 3.82. The number of carbonyl (C=O) groups excluding carboxylic acids is 1. The number of nitrogens with one attached hydrogen (secondary N) is 1. The van der Waals surface area contributed by atoms with Crippen LogP contribution in [0.1, 0.15) is 54.6 Å². The molecule has 4 rings (SSSR count). The first-order chi connectivity index (χ1) is 14.1. The highest BCUT2D eigenvalue weighted by Gasteiger charge is 2.25. The summed E-state index contributed by atoms with van der Waals surface area (Å²) in [6, 6.07) is 8.53. The Balaban J connectivity index is 1.73. The zero-order chi connectivity index (χ0) is 20.2. The number of pyridine rings is 1. The number of nitrogens with zero attached hydrogens (tertiary/aromatic N) is 4. The number of benzene rings is 1. The fraction of sp³-hybridized carbons (Fsp3) is 0.364. The molecule has 0 saturated heterocycles. The lowest BCUT2D eigenvalue weighted by atomic mass is 10.1. The summed E-state index contributed by atoms with van der Waals surface area (Å²) in [5.74, 6) is -0.524. The number of amides is 1. The van der Waals surface area contributed by atoms with Crippen molar-refractivity contribution in [1.82, 2.24) is 25.3 Å². The number of aryl methyl sites for hydroxylation is 1. The molecule has 0 unspecified atom stereocenters. The minimum atomic E-state index is -0.289. The van der Waals surface area contributed by atoms with Crippen LogP contribution in [0.15, 0.2) is 42.7 Å². The van der Waals surface area contributed by atoms with Crippen molar-refractivity contribution in [3.8, 4) is 16.9 Å². The number of hydrogen-bond donors (Lipinski definition) is 1. The normalized spacial score (nSPS) is 15.1. The molecule has 0 atom stereocenters. The molecule has 1 N–H and O–H groups in total. The maximum atomic E-state index is 13.7. The Morgan fingerprint density at radius 3 is 2.66 bits per heavy atom. The van der Waals surface area contributed by atoms with Crippen LogP contribution in [0.5, 0.6) is 0 Å². The molecule has 1 fully saturated rings. The van der Waals surface area contributed by atoms with Crippen molar-refractivity contribution in [2.24, 2.45) is 0 Å². The summed E-state index contributed by atoms with van der Waals surface area (Å²) in [5, 5.41) is 11.5. The maximum absolute atomic E-state index is 13.7. The number of carbonyl (C=O) groups is 1. The largest absolute Gasteiger partial charge is 0.348 e. The quantitative estimate of drug-likeness (QED) is 0.673. The smallest absolute Gasteiger partial charge is 0.274 e. The third-order valence-corrected chi connectivity index (χ3v) is 5.40. The number of halogens is 1. The van der Waals surface area contributed by atoms with Gasteiger partial charge in [0, 0.05) is 24.0 Å². The van der Waals surface area contributed by atoms with Gasteiger partial charge in [-0.05, 0) is 55.7 Å². The molecule has 2 aromatic heterocycles. The zero-order valence-electron chi connectivity index (χ0n) is 16.4.